The first kappa shape index (κ1) is 13.8. The maximum Gasteiger partial charge on any atom is 0.222 e. The Labute approximate surface area is 103 Å². The second-order valence-electron chi connectivity index (χ2n) is 4.95. The molecular weight excluding hydrogens is 220 g/mol. The highest BCUT2D eigenvalue weighted by Gasteiger charge is 2.25. The summed E-state index contributed by atoms with van der Waals surface area (Å²) in [6.45, 7) is 7.32. The Balaban J connectivity index is 2.33. The van der Waals surface area contributed by atoms with Crippen LogP contribution in [0.2, 0.25) is 0 Å². The second-order valence-corrected chi connectivity index (χ2v) is 6.75. The summed E-state index contributed by atoms with van der Waals surface area (Å²) in [7, 11) is 1.93. The van der Waals surface area contributed by atoms with E-state index in [1.165, 1.54) is 0 Å². The standard InChI is InChI=1S/C12H24N2OS/c1-12(2)6-8-14(9-10-16-12)11(15)5-4-7-13-3/h13H,4-10H2,1-3H3. The van der Waals surface area contributed by atoms with Crippen LogP contribution in [0.3, 0.4) is 0 Å². The van der Waals surface area contributed by atoms with Crippen LogP contribution in [0.5, 0.6) is 0 Å². The Bertz CT molecular complexity index is 231. The van der Waals surface area contributed by atoms with E-state index in [9.17, 15) is 4.79 Å². The smallest absolute Gasteiger partial charge is 0.222 e. The third-order valence-electron chi connectivity index (χ3n) is 3.01. The van der Waals surface area contributed by atoms with Gasteiger partial charge in [-0.1, -0.05) is 13.8 Å². The molecule has 1 fully saturated rings. The Kier molecular flexibility index (Phi) is 5.62. The number of nitrogens with one attached hydrogen (secondary N) is 1. The molecule has 3 nitrogen and oxygen atoms in total. The molecule has 0 aromatic carbocycles. The number of nitrogens with zero attached hydrogens (tertiary/aromatic N) is 1. The summed E-state index contributed by atoms with van der Waals surface area (Å²) in [5, 5.41) is 3.08. The summed E-state index contributed by atoms with van der Waals surface area (Å²) in [5.41, 5.74) is 0. The van der Waals surface area contributed by atoms with Crippen LogP contribution in [0.25, 0.3) is 0 Å². The van der Waals surface area contributed by atoms with Crippen molar-refractivity contribution in [1.82, 2.24) is 10.2 Å². The molecule has 0 atom stereocenters. The van der Waals surface area contributed by atoms with Crippen LogP contribution in [-0.4, -0.2) is 48.0 Å². The first-order valence-electron chi connectivity index (χ1n) is 6.11. The van der Waals surface area contributed by atoms with E-state index in [1.807, 2.05) is 23.7 Å². The van der Waals surface area contributed by atoms with Crippen LogP contribution in [0, 0.1) is 0 Å². The first-order chi connectivity index (χ1) is 7.55. The molecule has 0 bridgehead atoms. The SMILES string of the molecule is CNCCCC(=O)N1CCSC(C)(C)CC1. The van der Waals surface area contributed by atoms with Gasteiger partial charge in [-0.15, -0.1) is 0 Å². The highest BCUT2D eigenvalue weighted by molar-refractivity contribution is 8.00. The maximum absolute atomic E-state index is 11.9. The van der Waals surface area contributed by atoms with Crippen molar-refractivity contribution in [3.05, 3.63) is 0 Å². The molecule has 1 saturated heterocycles. The molecule has 1 aliphatic heterocycles. The Hall–Kier alpha value is -0.220. The quantitative estimate of drug-likeness (QED) is 0.764. The number of thioether (sulfide) groups is 1. The van der Waals surface area contributed by atoms with Crippen LogP contribution in [0.1, 0.15) is 33.1 Å². The minimum Gasteiger partial charge on any atom is -0.342 e. The average Bonchev–Trinajstić information content (AvgIpc) is 2.39. The lowest BCUT2D eigenvalue weighted by Gasteiger charge is -2.22. The van der Waals surface area contributed by atoms with E-state index >= 15 is 0 Å². The molecule has 1 N–H and O–H groups in total. The molecule has 4 heteroatoms. The Morgan fingerprint density at radius 2 is 2.19 bits per heavy atom. The van der Waals surface area contributed by atoms with E-state index in [2.05, 4.69) is 19.2 Å². The summed E-state index contributed by atoms with van der Waals surface area (Å²) in [4.78, 5) is 14.0. The number of hydrogen-bond donors (Lipinski definition) is 1. The molecule has 16 heavy (non-hydrogen) atoms. The van der Waals surface area contributed by atoms with Crippen molar-refractivity contribution >= 4 is 17.7 Å². The van der Waals surface area contributed by atoms with Crippen molar-refractivity contribution in [3.63, 3.8) is 0 Å². The van der Waals surface area contributed by atoms with Crippen LogP contribution >= 0.6 is 11.8 Å². The molecule has 0 aliphatic carbocycles. The third kappa shape index (κ3) is 4.74. The van der Waals surface area contributed by atoms with Crippen molar-refractivity contribution < 1.29 is 4.79 Å². The van der Waals surface area contributed by atoms with E-state index < -0.39 is 0 Å². The van der Waals surface area contributed by atoms with Gasteiger partial charge in [-0.05, 0) is 26.4 Å². The minimum atomic E-state index is 0.327. The van der Waals surface area contributed by atoms with E-state index in [4.69, 9.17) is 0 Å². The third-order valence-corrected chi connectivity index (χ3v) is 4.38. The normalized spacial score (nSPS) is 20.6. The van der Waals surface area contributed by atoms with Crippen LogP contribution < -0.4 is 5.32 Å². The van der Waals surface area contributed by atoms with E-state index in [0.29, 0.717) is 17.1 Å². The summed E-state index contributed by atoms with van der Waals surface area (Å²) in [5.74, 6) is 1.40. The van der Waals surface area contributed by atoms with Gasteiger partial charge in [0, 0.05) is 30.0 Å². The topological polar surface area (TPSA) is 32.3 Å². The Morgan fingerprint density at radius 1 is 1.44 bits per heavy atom. The van der Waals surface area contributed by atoms with Gasteiger partial charge < -0.3 is 10.2 Å². The van der Waals surface area contributed by atoms with E-state index in [1.54, 1.807) is 0 Å². The molecule has 0 saturated carbocycles. The fourth-order valence-electron chi connectivity index (χ4n) is 1.84. The van der Waals surface area contributed by atoms with Crippen LogP contribution in [-0.2, 0) is 4.79 Å². The molecule has 1 heterocycles. The lowest BCUT2D eigenvalue weighted by atomic mass is 10.1. The van der Waals surface area contributed by atoms with Gasteiger partial charge >= 0.3 is 0 Å². The summed E-state index contributed by atoms with van der Waals surface area (Å²) in [6, 6.07) is 0. The number of carbonyl (C=O) groups is 1. The Morgan fingerprint density at radius 3 is 2.88 bits per heavy atom. The van der Waals surface area contributed by atoms with Gasteiger partial charge in [0.25, 0.3) is 0 Å². The van der Waals surface area contributed by atoms with Gasteiger partial charge in [0.05, 0.1) is 0 Å². The fraction of sp³-hybridized carbons (Fsp3) is 0.917. The van der Waals surface area contributed by atoms with Crippen LogP contribution in [0.15, 0.2) is 0 Å². The monoisotopic (exact) mass is 244 g/mol. The molecule has 0 radical (unpaired) electrons. The fourth-order valence-corrected chi connectivity index (χ4v) is 2.94. The first-order valence-corrected chi connectivity index (χ1v) is 7.10. The molecule has 1 aliphatic rings. The van der Waals surface area contributed by atoms with Gasteiger partial charge in [-0.2, -0.15) is 11.8 Å². The zero-order valence-electron chi connectivity index (χ0n) is 10.7. The average molecular weight is 244 g/mol. The largest absolute Gasteiger partial charge is 0.342 e. The summed E-state index contributed by atoms with van der Waals surface area (Å²) < 4.78 is 0.333. The summed E-state index contributed by atoms with van der Waals surface area (Å²) >= 11 is 1.98. The van der Waals surface area contributed by atoms with E-state index in [0.717, 1.165) is 38.2 Å². The predicted octanol–water partition coefficient (Wildman–Crippen LogP) is 1.73. The highest BCUT2D eigenvalue weighted by Crippen LogP contribution is 2.30. The second kappa shape index (κ2) is 6.50. The predicted molar refractivity (Wildman–Crippen MR) is 70.9 cm³/mol. The molecule has 1 amide bonds. The van der Waals surface area contributed by atoms with Gasteiger partial charge in [0.15, 0.2) is 0 Å². The van der Waals surface area contributed by atoms with Gasteiger partial charge in [0.1, 0.15) is 0 Å². The minimum absolute atomic E-state index is 0.327. The molecular formula is C12H24N2OS. The zero-order valence-corrected chi connectivity index (χ0v) is 11.5. The molecule has 1 rings (SSSR count). The van der Waals surface area contributed by atoms with Gasteiger partial charge in [-0.25, -0.2) is 0 Å². The van der Waals surface area contributed by atoms with Crippen molar-refractivity contribution in [2.24, 2.45) is 0 Å². The van der Waals surface area contributed by atoms with Gasteiger partial charge in [0.2, 0.25) is 5.91 Å². The number of rotatable bonds is 4. The molecule has 0 aromatic heterocycles. The van der Waals surface area contributed by atoms with Crippen molar-refractivity contribution in [3.8, 4) is 0 Å². The van der Waals surface area contributed by atoms with Crippen molar-refractivity contribution in [1.29, 1.82) is 0 Å². The van der Waals surface area contributed by atoms with Crippen LogP contribution in [0.4, 0.5) is 0 Å². The molecule has 0 spiro atoms. The number of hydrogen-bond acceptors (Lipinski definition) is 3. The zero-order chi connectivity index (χ0) is 12.0. The number of carbonyl (C=O) groups excluding carboxylic acids is 1. The number of amides is 1. The summed E-state index contributed by atoms with van der Waals surface area (Å²) in [6.07, 6.45) is 2.74. The van der Waals surface area contributed by atoms with Crippen molar-refractivity contribution in [2.45, 2.75) is 37.9 Å². The van der Waals surface area contributed by atoms with Gasteiger partial charge in [-0.3, -0.25) is 4.79 Å². The molecule has 0 aromatic rings. The molecule has 94 valence electrons. The van der Waals surface area contributed by atoms with Crippen molar-refractivity contribution in [2.75, 3.05) is 32.4 Å². The lowest BCUT2D eigenvalue weighted by molar-refractivity contribution is -0.131. The maximum atomic E-state index is 11.9. The lowest BCUT2D eigenvalue weighted by Crippen LogP contribution is -2.33. The highest BCUT2D eigenvalue weighted by atomic mass is 32.2. The molecule has 0 unspecified atom stereocenters. The van der Waals surface area contributed by atoms with E-state index in [-0.39, 0.29) is 0 Å².